The lowest BCUT2D eigenvalue weighted by Gasteiger charge is -2.02. The molecule has 0 saturated carbocycles. The Bertz CT molecular complexity index is 1180. The van der Waals surface area contributed by atoms with E-state index in [9.17, 15) is 4.79 Å². The van der Waals surface area contributed by atoms with E-state index in [2.05, 4.69) is 26.0 Å². The summed E-state index contributed by atoms with van der Waals surface area (Å²) in [5, 5.41) is 4.37. The van der Waals surface area contributed by atoms with Crippen molar-refractivity contribution in [2.24, 2.45) is 0 Å². The van der Waals surface area contributed by atoms with E-state index in [0.29, 0.717) is 21.9 Å². The highest BCUT2D eigenvalue weighted by atomic mass is 79.9. The minimum absolute atomic E-state index is 0.162. The molecule has 4 rings (SSSR count). The van der Waals surface area contributed by atoms with Crippen molar-refractivity contribution < 1.29 is 4.74 Å². The Balaban J connectivity index is 1.74. The minimum Gasteiger partial charge on any atom is -0.494 e. The van der Waals surface area contributed by atoms with Gasteiger partial charge in [0.05, 0.1) is 11.1 Å². The average molecular weight is 428 g/mol. The van der Waals surface area contributed by atoms with E-state index >= 15 is 0 Å². The smallest absolute Gasteiger partial charge is 0.291 e. The maximum absolute atomic E-state index is 12.6. The van der Waals surface area contributed by atoms with E-state index in [4.69, 9.17) is 4.74 Å². The predicted octanol–water partition coefficient (Wildman–Crippen LogP) is 3.53. The summed E-state index contributed by atoms with van der Waals surface area (Å²) in [6.45, 7) is 2.56. The van der Waals surface area contributed by atoms with Crippen molar-refractivity contribution in [3.05, 3.63) is 73.5 Å². The molecule has 5 nitrogen and oxygen atoms in total. The number of nitrogens with zero attached hydrogens (tertiary/aromatic N) is 3. The first-order chi connectivity index (χ1) is 12.7. The fraction of sp³-hybridized carbons (Fsp3) is 0.105. The molecular formula is C19H14BrN3O2S. The van der Waals surface area contributed by atoms with Gasteiger partial charge in [-0.2, -0.15) is 9.50 Å². The maximum Gasteiger partial charge on any atom is 0.291 e. The lowest BCUT2D eigenvalue weighted by atomic mass is 10.2. The number of thiazole rings is 1. The van der Waals surface area contributed by atoms with Crippen LogP contribution in [-0.4, -0.2) is 21.2 Å². The molecule has 0 aliphatic heterocycles. The Kier molecular flexibility index (Phi) is 4.57. The number of hydrogen-bond acceptors (Lipinski definition) is 5. The zero-order valence-corrected chi connectivity index (χ0v) is 16.3. The standard InChI is InChI=1S/C19H14BrN3O2S/c1-2-25-14-9-7-12(8-10-14)17-21-19-23(22-17)18(24)16(26-19)11-13-5-3-4-6-15(13)20/h3-11H,2H2,1H3/b16-11+. The van der Waals surface area contributed by atoms with Gasteiger partial charge in [-0.05, 0) is 48.9 Å². The maximum atomic E-state index is 12.6. The lowest BCUT2D eigenvalue weighted by Crippen LogP contribution is -2.23. The third-order valence-electron chi connectivity index (χ3n) is 3.80. The van der Waals surface area contributed by atoms with Crippen molar-refractivity contribution in [2.45, 2.75) is 6.92 Å². The molecule has 7 heteroatoms. The van der Waals surface area contributed by atoms with Crippen LogP contribution in [0, 0.1) is 0 Å². The number of ether oxygens (including phenoxy) is 1. The van der Waals surface area contributed by atoms with Gasteiger partial charge in [0.25, 0.3) is 5.56 Å². The summed E-state index contributed by atoms with van der Waals surface area (Å²) in [5.41, 5.74) is 1.63. The summed E-state index contributed by atoms with van der Waals surface area (Å²) in [4.78, 5) is 17.7. The Labute approximate surface area is 161 Å². The van der Waals surface area contributed by atoms with E-state index in [1.165, 1.54) is 15.9 Å². The SMILES string of the molecule is CCOc1ccc(-c2nc3s/c(=C/c4ccccc4Br)c(=O)n3n2)cc1. The molecular weight excluding hydrogens is 414 g/mol. The Hall–Kier alpha value is -2.51. The van der Waals surface area contributed by atoms with Crippen LogP contribution in [0.3, 0.4) is 0 Å². The van der Waals surface area contributed by atoms with Crippen LogP contribution in [0.4, 0.5) is 0 Å². The second-order valence-corrected chi connectivity index (χ2v) is 7.39. The third kappa shape index (κ3) is 3.15. The van der Waals surface area contributed by atoms with Gasteiger partial charge in [0.2, 0.25) is 4.96 Å². The van der Waals surface area contributed by atoms with Gasteiger partial charge < -0.3 is 4.74 Å². The highest BCUT2D eigenvalue weighted by molar-refractivity contribution is 9.10. The van der Waals surface area contributed by atoms with E-state index in [1.54, 1.807) is 0 Å². The Morgan fingerprint density at radius 2 is 1.96 bits per heavy atom. The molecule has 0 atom stereocenters. The molecule has 0 saturated heterocycles. The van der Waals surface area contributed by atoms with Gasteiger partial charge in [0.15, 0.2) is 5.82 Å². The molecule has 2 aromatic heterocycles. The molecule has 0 spiro atoms. The topological polar surface area (TPSA) is 56.5 Å². The zero-order chi connectivity index (χ0) is 18.1. The summed E-state index contributed by atoms with van der Waals surface area (Å²) in [7, 11) is 0. The highest BCUT2D eigenvalue weighted by Crippen LogP contribution is 2.21. The summed E-state index contributed by atoms with van der Waals surface area (Å²) >= 11 is 4.82. The van der Waals surface area contributed by atoms with Crippen molar-refractivity contribution in [3.8, 4) is 17.1 Å². The van der Waals surface area contributed by atoms with E-state index < -0.39 is 0 Å². The second kappa shape index (κ2) is 7.01. The lowest BCUT2D eigenvalue weighted by molar-refractivity contribution is 0.340. The molecule has 26 heavy (non-hydrogen) atoms. The van der Waals surface area contributed by atoms with Crippen LogP contribution in [0.5, 0.6) is 5.75 Å². The van der Waals surface area contributed by atoms with Crippen LogP contribution in [-0.2, 0) is 0 Å². The molecule has 2 heterocycles. The van der Waals surface area contributed by atoms with Crippen molar-refractivity contribution >= 4 is 38.3 Å². The van der Waals surface area contributed by atoms with E-state index in [0.717, 1.165) is 21.3 Å². The fourth-order valence-corrected chi connectivity index (χ4v) is 3.85. The predicted molar refractivity (Wildman–Crippen MR) is 107 cm³/mol. The van der Waals surface area contributed by atoms with E-state index in [1.807, 2.05) is 61.5 Å². The van der Waals surface area contributed by atoms with Gasteiger partial charge in [0.1, 0.15) is 5.75 Å². The molecule has 0 aliphatic rings. The molecule has 0 radical (unpaired) electrons. The number of fused-ring (bicyclic) bond motifs is 1. The molecule has 0 unspecified atom stereocenters. The average Bonchev–Trinajstić information content (AvgIpc) is 3.18. The van der Waals surface area contributed by atoms with Gasteiger partial charge >= 0.3 is 0 Å². The second-order valence-electron chi connectivity index (χ2n) is 5.52. The molecule has 0 bridgehead atoms. The molecule has 0 N–H and O–H groups in total. The molecule has 0 aliphatic carbocycles. The number of halogens is 1. The number of rotatable bonds is 4. The van der Waals surface area contributed by atoms with Crippen molar-refractivity contribution in [1.29, 1.82) is 0 Å². The van der Waals surface area contributed by atoms with E-state index in [-0.39, 0.29) is 5.56 Å². The molecule has 4 aromatic rings. The van der Waals surface area contributed by atoms with Gasteiger partial charge in [-0.1, -0.05) is 45.5 Å². The fourth-order valence-electron chi connectivity index (χ4n) is 2.56. The normalized spacial score (nSPS) is 12.0. The summed E-state index contributed by atoms with van der Waals surface area (Å²) in [5.74, 6) is 1.33. The highest BCUT2D eigenvalue weighted by Gasteiger charge is 2.12. The first-order valence-corrected chi connectivity index (χ1v) is 9.65. The molecule has 2 aromatic carbocycles. The minimum atomic E-state index is -0.162. The van der Waals surface area contributed by atoms with Crippen molar-refractivity contribution in [1.82, 2.24) is 14.6 Å². The van der Waals surface area contributed by atoms with Crippen molar-refractivity contribution in [3.63, 3.8) is 0 Å². The molecule has 0 fully saturated rings. The van der Waals surface area contributed by atoms with Crippen LogP contribution in [0.25, 0.3) is 22.4 Å². The van der Waals surface area contributed by atoms with Gasteiger partial charge in [-0.15, -0.1) is 5.10 Å². The number of hydrogen-bond donors (Lipinski definition) is 0. The summed E-state index contributed by atoms with van der Waals surface area (Å²) in [6.07, 6.45) is 1.85. The Morgan fingerprint density at radius 3 is 2.65 bits per heavy atom. The quantitative estimate of drug-likeness (QED) is 0.499. The van der Waals surface area contributed by atoms with Crippen molar-refractivity contribution in [2.75, 3.05) is 6.61 Å². The largest absolute Gasteiger partial charge is 0.494 e. The first-order valence-electron chi connectivity index (χ1n) is 8.05. The van der Waals surface area contributed by atoms with Crippen LogP contribution in [0.15, 0.2) is 57.8 Å². The number of aromatic nitrogens is 3. The number of benzene rings is 2. The summed E-state index contributed by atoms with van der Waals surface area (Å²) in [6, 6.07) is 15.3. The Morgan fingerprint density at radius 1 is 1.19 bits per heavy atom. The van der Waals surface area contributed by atoms with Crippen LogP contribution >= 0.6 is 27.3 Å². The molecule has 130 valence electrons. The van der Waals surface area contributed by atoms with Gasteiger partial charge in [-0.3, -0.25) is 4.79 Å². The van der Waals surface area contributed by atoms with Crippen LogP contribution < -0.4 is 14.8 Å². The third-order valence-corrected chi connectivity index (χ3v) is 5.48. The zero-order valence-electron chi connectivity index (χ0n) is 13.8. The van der Waals surface area contributed by atoms with Crippen LogP contribution in [0.2, 0.25) is 0 Å². The molecule has 0 amide bonds. The summed E-state index contributed by atoms with van der Waals surface area (Å²) < 4.78 is 8.34. The van der Waals surface area contributed by atoms with Crippen LogP contribution in [0.1, 0.15) is 12.5 Å². The van der Waals surface area contributed by atoms with Gasteiger partial charge in [0, 0.05) is 10.0 Å². The monoisotopic (exact) mass is 427 g/mol. The first kappa shape index (κ1) is 16.9. The van der Waals surface area contributed by atoms with Gasteiger partial charge in [-0.25, -0.2) is 0 Å².